The Labute approximate surface area is 214 Å². The lowest BCUT2D eigenvalue weighted by Crippen LogP contribution is -2.42. The lowest BCUT2D eigenvalue weighted by atomic mass is 9.90. The van der Waals surface area contributed by atoms with Crippen molar-refractivity contribution >= 4 is 28.3 Å². The van der Waals surface area contributed by atoms with Gasteiger partial charge in [0.15, 0.2) is 16.6 Å². The second kappa shape index (κ2) is 10.1. The van der Waals surface area contributed by atoms with E-state index in [1.165, 1.54) is 32.5 Å². The number of ether oxygens (including phenoxy) is 5. The van der Waals surface area contributed by atoms with Crippen LogP contribution >= 0.6 is 11.3 Å². The van der Waals surface area contributed by atoms with Crippen LogP contribution in [0.3, 0.4) is 0 Å². The largest absolute Gasteiger partial charge is 0.490 e. The van der Waals surface area contributed by atoms with Crippen molar-refractivity contribution in [3.63, 3.8) is 0 Å². The Bertz CT molecular complexity index is 1270. The first-order valence-corrected chi connectivity index (χ1v) is 12.3. The highest BCUT2D eigenvalue weighted by Gasteiger charge is 2.38. The third-order valence-electron chi connectivity index (χ3n) is 6.17. The van der Waals surface area contributed by atoms with Crippen LogP contribution < -0.4 is 35.2 Å². The normalized spacial score (nSPS) is 16.6. The average Bonchev–Trinajstić information content (AvgIpc) is 3.16. The molecule has 36 heavy (non-hydrogen) atoms. The monoisotopic (exact) mass is 513 g/mol. The first kappa shape index (κ1) is 25.4. The van der Waals surface area contributed by atoms with Crippen molar-refractivity contribution in [2.24, 2.45) is 0 Å². The Hall–Kier alpha value is -3.66. The maximum absolute atomic E-state index is 11.7. The molecule has 9 nitrogen and oxygen atoms in total. The number of fused-ring (bicyclic) bond motifs is 1. The van der Waals surface area contributed by atoms with E-state index >= 15 is 0 Å². The molecule has 4 N–H and O–H groups in total. The van der Waals surface area contributed by atoms with E-state index in [1.807, 2.05) is 38.1 Å². The number of nitrogens with zero attached hydrogens (tertiary/aromatic N) is 1. The number of benzene rings is 2. The molecule has 3 aromatic rings. The smallest absolute Gasteiger partial charge is 0.308 e. The van der Waals surface area contributed by atoms with E-state index in [4.69, 9.17) is 35.2 Å². The zero-order valence-corrected chi connectivity index (χ0v) is 21.9. The summed E-state index contributed by atoms with van der Waals surface area (Å²) >= 11 is 1.40. The molecule has 4 rings (SSSR count). The number of esters is 1. The summed E-state index contributed by atoms with van der Waals surface area (Å²) in [6.45, 7) is 5.58. The first-order chi connectivity index (χ1) is 17.1. The highest BCUT2D eigenvalue weighted by molar-refractivity contribution is 7.15. The third kappa shape index (κ3) is 5.13. The molecule has 1 aliphatic rings. The van der Waals surface area contributed by atoms with Gasteiger partial charge >= 0.3 is 5.97 Å². The molecule has 0 saturated carbocycles. The molecule has 0 amide bonds. The molecule has 1 aliphatic heterocycles. The molecule has 1 atom stereocenters. The minimum Gasteiger partial charge on any atom is -0.490 e. The lowest BCUT2D eigenvalue weighted by Gasteiger charge is -2.37. The molecule has 1 unspecified atom stereocenters. The van der Waals surface area contributed by atoms with Crippen molar-refractivity contribution in [1.29, 1.82) is 0 Å². The molecule has 0 radical (unpaired) electrons. The van der Waals surface area contributed by atoms with Crippen molar-refractivity contribution in [2.75, 3.05) is 32.3 Å². The number of thiazole rings is 1. The van der Waals surface area contributed by atoms with Gasteiger partial charge in [-0.3, -0.25) is 4.79 Å². The average molecular weight is 514 g/mol. The van der Waals surface area contributed by atoms with Gasteiger partial charge in [0.1, 0.15) is 23.8 Å². The van der Waals surface area contributed by atoms with Crippen molar-refractivity contribution < 1.29 is 28.5 Å². The number of aromatic nitrogens is 1. The molecule has 0 fully saturated rings. The Kier molecular flexibility index (Phi) is 7.16. The van der Waals surface area contributed by atoms with Crippen LogP contribution in [-0.4, -0.2) is 37.4 Å². The number of rotatable bonds is 8. The minimum absolute atomic E-state index is 0.327. The fourth-order valence-corrected chi connectivity index (χ4v) is 5.08. The predicted octanol–water partition coefficient (Wildman–Crippen LogP) is 4.31. The zero-order chi connectivity index (χ0) is 26.0. The van der Waals surface area contributed by atoms with Crippen LogP contribution in [0.2, 0.25) is 0 Å². The molecular formula is C26H31N3O6S. The predicted molar refractivity (Wildman–Crippen MR) is 139 cm³/mol. The van der Waals surface area contributed by atoms with Gasteiger partial charge in [0.25, 0.3) is 0 Å². The molecule has 0 spiro atoms. The third-order valence-corrected chi connectivity index (χ3v) is 7.07. The van der Waals surface area contributed by atoms with Gasteiger partial charge in [0.05, 0.1) is 19.1 Å². The zero-order valence-electron chi connectivity index (χ0n) is 21.1. The van der Waals surface area contributed by atoms with E-state index < -0.39 is 11.6 Å². The molecule has 2 aromatic carbocycles. The molecule has 10 heteroatoms. The van der Waals surface area contributed by atoms with Gasteiger partial charge < -0.3 is 35.2 Å². The Balaban J connectivity index is 1.49. The molecule has 192 valence electrons. The van der Waals surface area contributed by atoms with Gasteiger partial charge in [0, 0.05) is 24.5 Å². The quantitative estimate of drug-likeness (QED) is 0.334. The van der Waals surface area contributed by atoms with Crippen molar-refractivity contribution in [3.8, 4) is 28.7 Å². The second-order valence-electron chi connectivity index (χ2n) is 8.94. The van der Waals surface area contributed by atoms with E-state index in [0.717, 1.165) is 27.3 Å². The van der Waals surface area contributed by atoms with E-state index in [0.29, 0.717) is 59.8 Å². The number of carbonyl (C=O) groups is 1. The minimum atomic E-state index is -0.603. The van der Waals surface area contributed by atoms with E-state index in [1.54, 1.807) is 0 Å². The fraction of sp³-hybridized carbons (Fsp3) is 0.385. The number of anilines is 2. The first-order valence-electron chi connectivity index (χ1n) is 11.5. The fourth-order valence-electron chi connectivity index (χ4n) is 4.29. The summed E-state index contributed by atoms with van der Waals surface area (Å²) in [4.78, 5) is 16.7. The Morgan fingerprint density at radius 1 is 1.14 bits per heavy atom. The summed E-state index contributed by atoms with van der Waals surface area (Å²) in [5.41, 5.74) is 13.9. The van der Waals surface area contributed by atoms with Crippen molar-refractivity contribution in [2.45, 2.75) is 45.6 Å². The lowest BCUT2D eigenvalue weighted by molar-refractivity contribution is -0.132. The maximum atomic E-state index is 11.7. The van der Waals surface area contributed by atoms with Crippen LogP contribution in [0, 0.1) is 6.92 Å². The Morgan fingerprint density at radius 3 is 2.42 bits per heavy atom. The van der Waals surface area contributed by atoms with Gasteiger partial charge in [-0.05, 0) is 44.4 Å². The highest BCUT2D eigenvalue weighted by atomic mass is 32.1. The van der Waals surface area contributed by atoms with E-state index in [-0.39, 0.29) is 0 Å². The van der Waals surface area contributed by atoms with E-state index in [2.05, 4.69) is 4.98 Å². The molecule has 1 aromatic heterocycles. The number of carbonyl (C=O) groups excluding carboxylic acids is 1. The van der Waals surface area contributed by atoms with Gasteiger partial charge in [-0.25, -0.2) is 4.98 Å². The Morgan fingerprint density at radius 2 is 1.83 bits per heavy atom. The van der Waals surface area contributed by atoms with Crippen molar-refractivity contribution in [3.05, 3.63) is 45.8 Å². The SMILES string of the molecule is COc1c(OC(C)=O)c(C)c2c(c1OC)OC(C)(COc1ccc(Cc3sc(N)nc3N)cc1)CC2. The van der Waals surface area contributed by atoms with Gasteiger partial charge in [-0.15, -0.1) is 0 Å². The standard InChI is InChI=1S/C26H31N3O6S/c1-14-18-10-11-26(3,35-21(18)23(32-5)22(31-4)20(14)34-15(2)30)13-33-17-8-6-16(7-9-17)12-19-24(27)29-25(28)36-19/h6-9H,10-13,27H2,1-5H3,(H2,28,29). The number of nitrogens with two attached hydrogens (primary N) is 2. The highest BCUT2D eigenvalue weighted by Crippen LogP contribution is 2.53. The van der Waals surface area contributed by atoms with Crippen molar-refractivity contribution in [1.82, 2.24) is 4.98 Å². The summed E-state index contributed by atoms with van der Waals surface area (Å²) in [5, 5.41) is 0.469. The van der Waals surface area contributed by atoms with Crippen LogP contribution in [0.25, 0.3) is 0 Å². The van der Waals surface area contributed by atoms with Gasteiger partial charge in [0.2, 0.25) is 11.5 Å². The van der Waals surface area contributed by atoms with Gasteiger partial charge in [-0.2, -0.15) is 0 Å². The summed E-state index contributed by atoms with van der Waals surface area (Å²) in [6, 6.07) is 7.85. The van der Waals surface area contributed by atoms with E-state index in [9.17, 15) is 4.79 Å². The number of hydrogen-bond donors (Lipinski definition) is 2. The second-order valence-corrected chi connectivity index (χ2v) is 10.1. The van der Waals surface area contributed by atoms with Crippen LogP contribution in [0.15, 0.2) is 24.3 Å². The number of hydrogen-bond acceptors (Lipinski definition) is 10. The van der Waals surface area contributed by atoms with Crippen LogP contribution in [0.5, 0.6) is 28.7 Å². The molecule has 0 aliphatic carbocycles. The summed E-state index contributed by atoms with van der Waals surface area (Å²) in [7, 11) is 3.04. The maximum Gasteiger partial charge on any atom is 0.308 e. The summed E-state index contributed by atoms with van der Waals surface area (Å²) in [5.74, 6) is 2.43. The number of methoxy groups -OCH3 is 2. The van der Waals surface area contributed by atoms with Crippen LogP contribution in [0.4, 0.5) is 10.9 Å². The van der Waals surface area contributed by atoms with Crippen LogP contribution in [0.1, 0.15) is 41.8 Å². The van der Waals surface area contributed by atoms with Crippen LogP contribution in [-0.2, 0) is 17.6 Å². The molecule has 2 heterocycles. The summed E-state index contributed by atoms with van der Waals surface area (Å²) in [6.07, 6.45) is 2.07. The van der Waals surface area contributed by atoms with Gasteiger partial charge in [-0.1, -0.05) is 23.5 Å². The molecule has 0 saturated heterocycles. The number of nitrogen functional groups attached to an aromatic ring is 2. The molecular weight excluding hydrogens is 482 g/mol. The molecule has 0 bridgehead atoms. The topological polar surface area (TPSA) is 128 Å². The summed E-state index contributed by atoms with van der Waals surface area (Å²) < 4.78 is 29.2.